The van der Waals surface area contributed by atoms with Gasteiger partial charge in [-0.1, -0.05) is 11.6 Å². The molecular formula is C6H7ClFN3. The van der Waals surface area contributed by atoms with Gasteiger partial charge in [-0.3, -0.25) is 15.6 Å². The van der Waals surface area contributed by atoms with Gasteiger partial charge in [-0.25, -0.2) is 4.39 Å². The summed E-state index contributed by atoms with van der Waals surface area (Å²) in [7, 11) is 0. The lowest BCUT2D eigenvalue weighted by Crippen LogP contribution is -2.52. The molecule has 2 saturated heterocycles. The first-order chi connectivity index (χ1) is 5.22. The number of aliphatic imine (C=N–C) groups is 1. The van der Waals surface area contributed by atoms with Gasteiger partial charge in [0.15, 0.2) is 5.67 Å². The van der Waals surface area contributed by atoms with Gasteiger partial charge < -0.3 is 0 Å². The average molecular weight is 176 g/mol. The Morgan fingerprint density at radius 3 is 3.09 bits per heavy atom. The Bertz CT molecular complexity index is 256. The Labute approximate surface area is 68.0 Å². The molecule has 5 heteroatoms. The molecule has 0 radical (unpaired) electrons. The van der Waals surface area contributed by atoms with Crippen LogP contribution < -0.4 is 10.6 Å². The molecule has 11 heavy (non-hydrogen) atoms. The zero-order valence-corrected chi connectivity index (χ0v) is 6.40. The molecule has 3 rings (SSSR count). The average Bonchev–Trinajstić information content (AvgIpc) is 2.47. The number of nitrogens with one attached hydrogen (secondary N) is 2. The highest BCUT2D eigenvalue weighted by atomic mass is 35.5. The standard InChI is InChI=1S/C6H7ClFN3/c7-3-2-4-9-1-6(2,8)5(10-3)11-4/h2,4-5,9,11H,1H2/t2?,4?,5?,6-/m1/s1. The molecule has 2 N–H and O–H groups in total. The zero-order valence-electron chi connectivity index (χ0n) is 5.64. The van der Waals surface area contributed by atoms with E-state index in [0.29, 0.717) is 11.7 Å². The predicted octanol–water partition coefficient (Wildman–Crippen LogP) is -0.180. The second kappa shape index (κ2) is 1.60. The summed E-state index contributed by atoms with van der Waals surface area (Å²) in [6.07, 6.45) is -0.388. The maximum atomic E-state index is 13.9. The fourth-order valence-electron chi connectivity index (χ4n) is 2.19. The summed E-state index contributed by atoms with van der Waals surface area (Å²) in [5.41, 5.74) is -1.25. The maximum absolute atomic E-state index is 13.9. The van der Waals surface area contributed by atoms with Crippen LogP contribution in [0.1, 0.15) is 0 Å². The molecule has 4 bridgehead atoms. The zero-order chi connectivity index (χ0) is 7.64. The third kappa shape index (κ3) is 0.523. The quantitative estimate of drug-likeness (QED) is 0.536. The summed E-state index contributed by atoms with van der Waals surface area (Å²) >= 11 is 5.76. The van der Waals surface area contributed by atoms with Crippen molar-refractivity contribution < 1.29 is 4.39 Å². The van der Waals surface area contributed by atoms with Crippen molar-refractivity contribution in [3.63, 3.8) is 0 Å². The predicted molar refractivity (Wildman–Crippen MR) is 39.3 cm³/mol. The van der Waals surface area contributed by atoms with Crippen molar-refractivity contribution in [2.45, 2.75) is 18.0 Å². The molecular weight excluding hydrogens is 169 g/mol. The molecule has 3 heterocycles. The lowest BCUT2D eigenvalue weighted by Gasteiger charge is -2.23. The minimum absolute atomic E-state index is 0.00926. The van der Waals surface area contributed by atoms with Crippen LogP contribution in [0.3, 0.4) is 0 Å². The van der Waals surface area contributed by atoms with Crippen LogP contribution in [0.4, 0.5) is 4.39 Å². The highest BCUT2D eigenvalue weighted by Gasteiger charge is 2.66. The van der Waals surface area contributed by atoms with Gasteiger partial charge >= 0.3 is 0 Å². The molecule has 0 saturated carbocycles. The van der Waals surface area contributed by atoms with Crippen molar-refractivity contribution in [1.82, 2.24) is 10.6 Å². The Morgan fingerprint density at radius 1 is 1.73 bits per heavy atom. The number of hydrogen-bond acceptors (Lipinski definition) is 3. The van der Waals surface area contributed by atoms with Crippen LogP contribution in [-0.2, 0) is 0 Å². The first-order valence-electron chi connectivity index (χ1n) is 3.63. The maximum Gasteiger partial charge on any atom is 0.170 e. The van der Waals surface area contributed by atoms with E-state index in [1.165, 1.54) is 0 Å². The number of hydrogen-bond donors (Lipinski definition) is 2. The van der Waals surface area contributed by atoms with E-state index in [0.717, 1.165) is 0 Å². The minimum atomic E-state index is -1.25. The van der Waals surface area contributed by atoms with Crippen molar-refractivity contribution in [3.05, 3.63) is 0 Å². The Kier molecular flexibility index (Phi) is 0.923. The fourth-order valence-corrected chi connectivity index (χ4v) is 2.59. The molecule has 0 amide bonds. The Hall–Kier alpha value is -0.190. The van der Waals surface area contributed by atoms with Crippen molar-refractivity contribution in [2.24, 2.45) is 10.9 Å². The van der Waals surface area contributed by atoms with Gasteiger partial charge in [0.1, 0.15) is 11.3 Å². The largest absolute Gasteiger partial charge is 0.298 e. The van der Waals surface area contributed by atoms with E-state index in [2.05, 4.69) is 15.6 Å². The molecule has 0 aromatic heterocycles. The SMILES string of the molecule is F[C@@]12CNC3NC1N=C(Cl)C32. The van der Waals surface area contributed by atoms with E-state index < -0.39 is 11.8 Å². The second-order valence-electron chi connectivity index (χ2n) is 3.28. The topological polar surface area (TPSA) is 36.4 Å². The van der Waals surface area contributed by atoms with E-state index in [1.54, 1.807) is 0 Å². The molecule has 3 unspecified atom stereocenters. The molecule has 0 spiro atoms. The van der Waals surface area contributed by atoms with Crippen molar-refractivity contribution in [1.29, 1.82) is 0 Å². The lowest BCUT2D eigenvalue weighted by atomic mass is 9.97. The van der Waals surface area contributed by atoms with Crippen LogP contribution >= 0.6 is 11.6 Å². The first-order valence-corrected chi connectivity index (χ1v) is 4.01. The Balaban J connectivity index is 2.14. The van der Waals surface area contributed by atoms with E-state index in [9.17, 15) is 4.39 Å². The molecule has 3 aliphatic rings. The van der Waals surface area contributed by atoms with Gasteiger partial charge in [0.2, 0.25) is 0 Å². The molecule has 4 atom stereocenters. The second-order valence-corrected chi connectivity index (χ2v) is 3.67. The number of nitrogens with zero attached hydrogens (tertiary/aromatic N) is 1. The van der Waals surface area contributed by atoms with Gasteiger partial charge in [-0.2, -0.15) is 0 Å². The van der Waals surface area contributed by atoms with Crippen molar-refractivity contribution >= 4 is 16.8 Å². The smallest absolute Gasteiger partial charge is 0.170 e. The minimum Gasteiger partial charge on any atom is -0.298 e. The van der Waals surface area contributed by atoms with Gasteiger partial charge in [0.05, 0.1) is 12.1 Å². The van der Waals surface area contributed by atoms with Crippen LogP contribution in [-0.4, -0.2) is 29.7 Å². The van der Waals surface area contributed by atoms with Crippen LogP contribution in [0.15, 0.2) is 4.99 Å². The van der Waals surface area contributed by atoms with Crippen LogP contribution in [0.5, 0.6) is 0 Å². The number of halogens is 2. The molecule has 60 valence electrons. The van der Waals surface area contributed by atoms with Crippen LogP contribution in [0, 0.1) is 5.92 Å². The number of rotatable bonds is 0. The summed E-state index contributed by atoms with van der Waals surface area (Å²) in [4.78, 5) is 3.97. The summed E-state index contributed by atoms with van der Waals surface area (Å²) in [6.45, 7) is 0.375. The molecule has 0 aliphatic carbocycles. The summed E-state index contributed by atoms with van der Waals surface area (Å²) in [5.74, 6) is -0.242. The van der Waals surface area contributed by atoms with Gasteiger partial charge in [-0.15, -0.1) is 0 Å². The fraction of sp³-hybridized carbons (Fsp3) is 0.833. The lowest BCUT2D eigenvalue weighted by molar-refractivity contribution is 0.150. The monoisotopic (exact) mass is 175 g/mol. The summed E-state index contributed by atoms with van der Waals surface area (Å²) in [5, 5.41) is 6.45. The van der Waals surface area contributed by atoms with E-state index in [4.69, 9.17) is 11.6 Å². The normalized spacial score (nSPS) is 58.7. The van der Waals surface area contributed by atoms with E-state index in [-0.39, 0.29) is 12.1 Å². The summed E-state index contributed by atoms with van der Waals surface area (Å²) in [6, 6.07) is 0. The molecule has 3 nitrogen and oxygen atoms in total. The first kappa shape index (κ1) is 6.34. The van der Waals surface area contributed by atoms with Crippen molar-refractivity contribution in [3.8, 4) is 0 Å². The molecule has 0 aromatic carbocycles. The van der Waals surface area contributed by atoms with Gasteiger partial charge in [0.25, 0.3) is 0 Å². The third-order valence-electron chi connectivity index (χ3n) is 2.74. The van der Waals surface area contributed by atoms with Crippen molar-refractivity contribution in [2.75, 3.05) is 6.54 Å². The number of alkyl halides is 1. The van der Waals surface area contributed by atoms with Crippen LogP contribution in [0.25, 0.3) is 0 Å². The van der Waals surface area contributed by atoms with Crippen LogP contribution in [0.2, 0.25) is 0 Å². The van der Waals surface area contributed by atoms with E-state index >= 15 is 0 Å². The highest BCUT2D eigenvalue weighted by Crippen LogP contribution is 2.46. The molecule has 2 fully saturated rings. The van der Waals surface area contributed by atoms with Gasteiger partial charge in [0, 0.05) is 6.54 Å². The summed E-state index contributed by atoms with van der Waals surface area (Å²) < 4.78 is 13.9. The van der Waals surface area contributed by atoms with Gasteiger partial charge in [-0.05, 0) is 0 Å². The van der Waals surface area contributed by atoms with E-state index in [1.807, 2.05) is 0 Å². The third-order valence-corrected chi connectivity index (χ3v) is 3.08. The molecule has 0 aromatic rings. The highest BCUT2D eigenvalue weighted by molar-refractivity contribution is 6.66. The molecule has 3 aliphatic heterocycles. The Morgan fingerprint density at radius 2 is 2.55 bits per heavy atom.